The molecule has 6 nitrogen and oxygen atoms in total. The number of β-amino-alcohol motifs (C(OH)–C–C–N with tert-alkyl or cyclic N) is 1. The number of aryl methyl sites for hydroxylation is 1. The number of aromatic nitrogens is 1. The minimum absolute atomic E-state index is 0.121. The molecule has 1 fully saturated rings. The smallest absolute Gasteiger partial charge is 0.248 e. The van der Waals surface area contributed by atoms with Gasteiger partial charge in [0.25, 0.3) is 0 Å². The first-order valence-corrected chi connectivity index (χ1v) is 10.0. The Bertz CT molecular complexity index is 1030. The molecule has 2 N–H and O–H groups in total. The first-order chi connectivity index (χ1) is 14.1. The molecule has 4 rings (SSSR count). The minimum atomic E-state index is -0.549. The first-order valence-electron chi connectivity index (χ1n) is 10.0. The molecule has 1 unspecified atom stereocenters. The zero-order valence-electron chi connectivity index (χ0n) is 16.7. The summed E-state index contributed by atoms with van der Waals surface area (Å²) >= 11 is 0. The van der Waals surface area contributed by atoms with Crippen molar-refractivity contribution in [3.63, 3.8) is 0 Å². The predicted molar refractivity (Wildman–Crippen MR) is 116 cm³/mol. The molecule has 1 atom stereocenters. The van der Waals surface area contributed by atoms with Crippen molar-refractivity contribution in [2.75, 3.05) is 44.2 Å². The molecule has 29 heavy (non-hydrogen) atoms. The van der Waals surface area contributed by atoms with Crippen LogP contribution in [0.1, 0.15) is 5.56 Å². The number of aromatic amines is 1. The number of ether oxygens (including phenoxy) is 1. The molecule has 0 amide bonds. The number of H-pyrrole nitrogens is 1. The van der Waals surface area contributed by atoms with Crippen LogP contribution < -0.4 is 15.2 Å². The maximum absolute atomic E-state index is 11.4. The number of nitrogens with zero attached hydrogens (tertiary/aromatic N) is 2. The van der Waals surface area contributed by atoms with Crippen molar-refractivity contribution in [3.8, 4) is 5.75 Å². The molecule has 1 aliphatic heterocycles. The lowest BCUT2D eigenvalue weighted by atomic mass is 10.2. The van der Waals surface area contributed by atoms with Gasteiger partial charge in [-0.3, -0.25) is 9.69 Å². The van der Waals surface area contributed by atoms with Gasteiger partial charge >= 0.3 is 0 Å². The fourth-order valence-corrected chi connectivity index (χ4v) is 3.78. The van der Waals surface area contributed by atoms with Crippen LogP contribution in [0.4, 0.5) is 5.69 Å². The van der Waals surface area contributed by atoms with Crippen LogP contribution >= 0.6 is 0 Å². The summed E-state index contributed by atoms with van der Waals surface area (Å²) in [6.07, 6.45) is -0.549. The number of piperazine rings is 1. The van der Waals surface area contributed by atoms with Gasteiger partial charge in [0.2, 0.25) is 5.56 Å². The van der Waals surface area contributed by atoms with Gasteiger partial charge in [-0.2, -0.15) is 0 Å². The molecule has 2 heterocycles. The average molecular weight is 393 g/mol. The molecule has 6 heteroatoms. The fourth-order valence-electron chi connectivity index (χ4n) is 3.78. The summed E-state index contributed by atoms with van der Waals surface area (Å²) in [6, 6.07) is 17.4. The lowest BCUT2D eigenvalue weighted by molar-refractivity contribution is 0.0663. The number of aliphatic hydroxyl groups excluding tert-OH is 1. The monoisotopic (exact) mass is 393 g/mol. The van der Waals surface area contributed by atoms with E-state index in [-0.39, 0.29) is 12.2 Å². The van der Waals surface area contributed by atoms with Gasteiger partial charge in [-0.15, -0.1) is 0 Å². The van der Waals surface area contributed by atoms with Crippen LogP contribution in [-0.2, 0) is 0 Å². The lowest BCUT2D eigenvalue weighted by Gasteiger charge is -2.37. The van der Waals surface area contributed by atoms with Crippen molar-refractivity contribution >= 4 is 16.6 Å². The van der Waals surface area contributed by atoms with Crippen LogP contribution in [0, 0.1) is 6.92 Å². The van der Waals surface area contributed by atoms with Gasteiger partial charge in [-0.1, -0.05) is 12.1 Å². The van der Waals surface area contributed by atoms with Gasteiger partial charge in [0, 0.05) is 55.4 Å². The highest BCUT2D eigenvalue weighted by molar-refractivity contribution is 5.79. The van der Waals surface area contributed by atoms with Crippen LogP contribution in [0.25, 0.3) is 10.9 Å². The lowest BCUT2D eigenvalue weighted by Crippen LogP contribution is -2.49. The summed E-state index contributed by atoms with van der Waals surface area (Å²) in [7, 11) is 0. The Balaban J connectivity index is 1.25. The number of anilines is 1. The average Bonchev–Trinajstić information content (AvgIpc) is 2.73. The molecule has 2 aromatic carbocycles. The Labute approximate surface area is 170 Å². The van der Waals surface area contributed by atoms with Crippen LogP contribution in [-0.4, -0.2) is 60.4 Å². The van der Waals surface area contributed by atoms with Gasteiger partial charge < -0.3 is 19.7 Å². The second-order valence-corrected chi connectivity index (χ2v) is 7.66. The molecule has 1 aromatic heterocycles. The minimum Gasteiger partial charge on any atom is -0.491 e. The van der Waals surface area contributed by atoms with Crippen LogP contribution in [0.2, 0.25) is 0 Å². The molecule has 152 valence electrons. The Morgan fingerprint density at radius 3 is 2.69 bits per heavy atom. The third kappa shape index (κ3) is 4.96. The van der Waals surface area contributed by atoms with Crippen LogP contribution in [0.5, 0.6) is 5.75 Å². The highest BCUT2D eigenvalue weighted by atomic mass is 16.5. The quantitative estimate of drug-likeness (QED) is 0.673. The number of aliphatic hydroxyl groups is 1. The summed E-state index contributed by atoms with van der Waals surface area (Å²) in [5, 5.41) is 11.3. The van der Waals surface area contributed by atoms with Crippen molar-refractivity contribution in [1.29, 1.82) is 0 Å². The normalized spacial score (nSPS) is 16.1. The van der Waals surface area contributed by atoms with Crippen molar-refractivity contribution in [1.82, 2.24) is 9.88 Å². The third-order valence-corrected chi connectivity index (χ3v) is 5.35. The van der Waals surface area contributed by atoms with Crippen LogP contribution in [0.15, 0.2) is 59.4 Å². The van der Waals surface area contributed by atoms with E-state index < -0.39 is 6.10 Å². The van der Waals surface area contributed by atoms with E-state index in [1.54, 1.807) is 6.07 Å². The molecular weight excluding hydrogens is 366 g/mol. The summed E-state index contributed by atoms with van der Waals surface area (Å²) in [6.45, 7) is 6.73. The Kier molecular flexibility index (Phi) is 5.83. The van der Waals surface area contributed by atoms with Crippen molar-refractivity contribution in [2.24, 2.45) is 0 Å². The Morgan fingerprint density at radius 2 is 1.90 bits per heavy atom. The summed E-state index contributed by atoms with van der Waals surface area (Å²) in [5.41, 5.74) is 3.20. The number of benzene rings is 2. The van der Waals surface area contributed by atoms with Gasteiger partial charge in [0.1, 0.15) is 18.5 Å². The van der Waals surface area contributed by atoms with Gasteiger partial charge in [-0.05, 0) is 48.9 Å². The maximum Gasteiger partial charge on any atom is 0.248 e. The zero-order chi connectivity index (χ0) is 20.2. The van der Waals surface area contributed by atoms with E-state index in [0.717, 1.165) is 37.1 Å². The van der Waals surface area contributed by atoms with Crippen molar-refractivity contribution < 1.29 is 9.84 Å². The van der Waals surface area contributed by atoms with Crippen molar-refractivity contribution in [2.45, 2.75) is 13.0 Å². The first kappa shape index (κ1) is 19.5. The van der Waals surface area contributed by atoms with E-state index in [1.807, 2.05) is 18.2 Å². The molecule has 0 saturated carbocycles. The molecule has 0 radical (unpaired) electrons. The third-order valence-electron chi connectivity index (χ3n) is 5.35. The number of nitrogens with one attached hydrogen (secondary N) is 1. The summed E-state index contributed by atoms with van der Waals surface area (Å²) in [4.78, 5) is 18.8. The van der Waals surface area contributed by atoms with Crippen LogP contribution in [0.3, 0.4) is 0 Å². The second-order valence-electron chi connectivity index (χ2n) is 7.66. The van der Waals surface area contributed by atoms with Gasteiger partial charge in [-0.25, -0.2) is 0 Å². The number of pyridine rings is 1. The highest BCUT2D eigenvalue weighted by Crippen LogP contribution is 2.19. The molecule has 0 aliphatic carbocycles. The number of hydrogen-bond acceptors (Lipinski definition) is 5. The largest absolute Gasteiger partial charge is 0.491 e. The molecule has 1 saturated heterocycles. The zero-order valence-corrected chi connectivity index (χ0v) is 16.7. The van der Waals surface area contributed by atoms with E-state index >= 15 is 0 Å². The molecular formula is C23H27N3O3. The number of fused-ring (bicyclic) bond motifs is 1. The SMILES string of the molecule is Cc1cccc(N2CCN(CC(O)COc3ccc4[nH]c(=O)ccc4c3)CC2)c1. The Morgan fingerprint density at radius 1 is 1.07 bits per heavy atom. The van der Waals surface area contributed by atoms with E-state index in [4.69, 9.17) is 4.74 Å². The predicted octanol–water partition coefficient (Wildman–Crippen LogP) is 2.40. The summed E-state index contributed by atoms with van der Waals surface area (Å²) in [5.74, 6) is 0.688. The maximum atomic E-state index is 11.4. The standard InChI is InChI=1S/C23H27N3O3/c1-17-3-2-4-19(13-17)26-11-9-25(10-12-26)15-20(27)16-29-21-6-7-22-18(14-21)5-8-23(28)24-22/h2-8,13-14,20,27H,9-12,15-16H2,1H3,(H,24,28). The van der Waals surface area contributed by atoms with Crippen molar-refractivity contribution in [3.05, 3.63) is 70.5 Å². The van der Waals surface area contributed by atoms with E-state index in [1.165, 1.54) is 17.3 Å². The molecule has 1 aliphatic rings. The van der Waals surface area contributed by atoms with Gasteiger partial charge in [0.05, 0.1) is 0 Å². The fraction of sp³-hybridized carbons (Fsp3) is 0.348. The summed E-state index contributed by atoms with van der Waals surface area (Å²) < 4.78 is 5.77. The van der Waals surface area contributed by atoms with E-state index in [9.17, 15) is 9.90 Å². The molecule has 3 aromatic rings. The number of rotatable bonds is 6. The molecule has 0 spiro atoms. The van der Waals surface area contributed by atoms with E-state index in [2.05, 4.69) is 46.0 Å². The second kappa shape index (κ2) is 8.68. The number of hydrogen-bond donors (Lipinski definition) is 2. The van der Waals surface area contributed by atoms with E-state index in [0.29, 0.717) is 12.3 Å². The van der Waals surface area contributed by atoms with Gasteiger partial charge in [0.15, 0.2) is 0 Å². The topological polar surface area (TPSA) is 68.8 Å². The Hall–Kier alpha value is -2.83. The highest BCUT2D eigenvalue weighted by Gasteiger charge is 2.20. The molecule has 0 bridgehead atoms.